The molecule has 152 valence electrons. The maximum Gasteiger partial charge on any atom is 0.264 e. The average molecular weight is 428 g/mol. The molecule has 3 rings (SSSR count). The van der Waals surface area contributed by atoms with Crippen molar-refractivity contribution in [1.82, 2.24) is 9.47 Å². The van der Waals surface area contributed by atoms with Gasteiger partial charge in [-0.15, -0.1) is 0 Å². The van der Waals surface area contributed by atoms with Crippen molar-refractivity contribution in [2.75, 3.05) is 17.8 Å². The summed E-state index contributed by atoms with van der Waals surface area (Å²) in [6.45, 7) is 4.63. The third-order valence-corrected chi connectivity index (χ3v) is 7.05. The van der Waals surface area contributed by atoms with Crippen molar-refractivity contribution >= 4 is 33.2 Å². The number of benzene rings is 1. The van der Waals surface area contributed by atoms with Gasteiger partial charge in [0.1, 0.15) is 10.7 Å². The molecule has 0 radical (unpaired) electrons. The van der Waals surface area contributed by atoms with Crippen molar-refractivity contribution in [3.8, 4) is 0 Å². The molecule has 0 unspecified atom stereocenters. The Kier molecular flexibility index (Phi) is 5.72. The number of carbonyl (C=O) groups excluding carboxylic acids is 1. The molecule has 1 amide bonds. The Bertz CT molecular complexity index is 1030. The van der Waals surface area contributed by atoms with Crippen LogP contribution in [-0.4, -0.2) is 36.9 Å². The molecule has 0 aliphatic carbocycles. The number of aromatic nitrogens is 1. The number of rotatable bonds is 4. The quantitative estimate of drug-likeness (QED) is 0.805. The summed E-state index contributed by atoms with van der Waals surface area (Å²) in [6, 6.07) is 3.57. The summed E-state index contributed by atoms with van der Waals surface area (Å²) in [4.78, 5) is 14.8. The summed E-state index contributed by atoms with van der Waals surface area (Å²) < 4.78 is 43.8. The predicted molar refractivity (Wildman–Crippen MR) is 107 cm³/mol. The molecule has 2 aromatic rings. The number of nitrogens with one attached hydrogen (secondary N) is 1. The van der Waals surface area contributed by atoms with E-state index in [-0.39, 0.29) is 27.1 Å². The lowest BCUT2D eigenvalue weighted by molar-refractivity contribution is 0.0720. The van der Waals surface area contributed by atoms with Gasteiger partial charge in [0.15, 0.2) is 0 Å². The zero-order chi connectivity index (χ0) is 20.6. The second-order valence-corrected chi connectivity index (χ2v) is 9.05. The fourth-order valence-corrected chi connectivity index (χ4v) is 5.27. The van der Waals surface area contributed by atoms with E-state index in [1.807, 2.05) is 0 Å². The van der Waals surface area contributed by atoms with Gasteiger partial charge in [-0.05, 0) is 51.3 Å². The van der Waals surface area contributed by atoms with E-state index < -0.39 is 15.8 Å². The van der Waals surface area contributed by atoms with Crippen LogP contribution in [0.2, 0.25) is 5.02 Å². The normalized spacial score (nSPS) is 15.0. The average Bonchev–Trinajstić information content (AvgIpc) is 2.89. The molecule has 1 fully saturated rings. The zero-order valence-electron chi connectivity index (χ0n) is 16.1. The first-order valence-corrected chi connectivity index (χ1v) is 10.9. The molecule has 0 saturated carbocycles. The fourth-order valence-electron chi connectivity index (χ4n) is 3.52. The molecule has 1 aliphatic heterocycles. The minimum absolute atomic E-state index is 0.0523. The first-order valence-electron chi connectivity index (χ1n) is 9.06. The molecular weight excluding hydrogens is 405 g/mol. The van der Waals surface area contributed by atoms with Gasteiger partial charge in [0.2, 0.25) is 0 Å². The highest BCUT2D eigenvalue weighted by atomic mass is 35.5. The molecule has 1 aromatic carbocycles. The molecule has 0 bridgehead atoms. The first-order chi connectivity index (χ1) is 13.1. The van der Waals surface area contributed by atoms with Crippen LogP contribution in [0.25, 0.3) is 0 Å². The molecule has 28 heavy (non-hydrogen) atoms. The lowest BCUT2D eigenvalue weighted by Gasteiger charge is -2.27. The summed E-state index contributed by atoms with van der Waals surface area (Å²) in [7, 11) is -2.36. The Morgan fingerprint density at radius 3 is 2.39 bits per heavy atom. The molecular formula is C19H23ClFN3O3S. The topological polar surface area (TPSA) is 71.4 Å². The van der Waals surface area contributed by atoms with Crippen LogP contribution in [0.3, 0.4) is 0 Å². The van der Waals surface area contributed by atoms with Crippen molar-refractivity contribution < 1.29 is 17.6 Å². The zero-order valence-corrected chi connectivity index (χ0v) is 17.6. The van der Waals surface area contributed by atoms with Gasteiger partial charge in [-0.25, -0.2) is 12.8 Å². The highest BCUT2D eigenvalue weighted by Gasteiger charge is 2.33. The Hall–Kier alpha value is -2.06. The largest absolute Gasteiger partial charge is 0.350 e. The summed E-state index contributed by atoms with van der Waals surface area (Å²) in [5, 5.41) is -0.189. The maximum atomic E-state index is 13.4. The Morgan fingerprint density at radius 2 is 1.79 bits per heavy atom. The van der Waals surface area contributed by atoms with E-state index >= 15 is 0 Å². The SMILES string of the molecule is Cc1c(C(=O)N2CCCCC2)c(S(=O)(=O)Nc2ccc(F)c(Cl)c2)c(C)n1C. The van der Waals surface area contributed by atoms with Gasteiger partial charge in [0.25, 0.3) is 15.9 Å². The smallest absolute Gasteiger partial charge is 0.264 e. The number of anilines is 1. The number of carbonyl (C=O) groups is 1. The molecule has 1 aromatic heterocycles. The van der Waals surface area contributed by atoms with Gasteiger partial charge in [0.05, 0.1) is 16.3 Å². The summed E-state index contributed by atoms with van der Waals surface area (Å²) >= 11 is 5.76. The van der Waals surface area contributed by atoms with Crippen LogP contribution in [0.1, 0.15) is 41.0 Å². The van der Waals surface area contributed by atoms with Crippen LogP contribution in [-0.2, 0) is 17.1 Å². The molecule has 1 aliphatic rings. The van der Waals surface area contributed by atoms with E-state index in [2.05, 4.69) is 4.72 Å². The Labute approximate surface area is 169 Å². The van der Waals surface area contributed by atoms with Gasteiger partial charge in [-0.1, -0.05) is 11.6 Å². The van der Waals surface area contributed by atoms with E-state index in [1.165, 1.54) is 12.1 Å². The van der Waals surface area contributed by atoms with Crippen molar-refractivity contribution in [3.63, 3.8) is 0 Å². The number of nitrogens with zero attached hydrogens (tertiary/aromatic N) is 2. The van der Waals surface area contributed by atoms with E-state index in [9.17, 15) is 17.6 Å². The summed E-state index contributed by atoms with van der Waals surface area (Å²) in [5.41, 5.74) is 1.36. The number of hydrogen-bond donors (Lipinski definition) is 1. The number of piperidine rings is 1. The number of halogens is 2. The van der Waals surface area contributed by atoms with Crippen molar-refractivity contribution in [2.45, 2.75) is 38.0 Å². The first kappa shape index (κ1) is 20.7. The van der Waals surface area contributed by atoms with E-state index in [0.29, 0.717) is 24.5 Å². The fraction of sp³-hybridized carbons (Fsp3) is 0.421. The van der Waals surface area contributed by atoms with Crippen LogP contribution in [0.5, 0.6) is 0 Å². The standard InChI is InChI=1S/C19H23ClFN3O3S/c1-12-17(19(25)24-9-5-4-6-10-24)18(13(2)23(12)3)28(26,27)22-14-7-8-16(21)15(20)11-14/h7-8,11,22H,4-6,9-10H2,1-3H3. The lowest BCUT2D eigenvalue weighted by atomic mass is 10.1. The van der Waals surface area contributed by atoms with Gasteiger partial charge in [0, 0.05) is 31.5 Å². The summed E-state index contributed by atoms with van der Waals surface area (Å²) in [6.07, 6.45) is 2.88. The molecule has 1 N–H and O–H groups in total. The molecule has 0 atom stereocenters. The van der Waals surface area contributed by atoms with E-state index in [1.54, 1.807) is 30.4 Å². The van der Waals surface area contributed by atoms with Gasteiger partial charge < -0.3 is 9.47 Å². The lowest BCUT2D eigenvalue weighted by Crippen LogP contribution is -2.36. The van der Waals surface area contributed by atoms with Crippen LogP contribution < -0.4 is 4.72 Å². The van der Waals surface area contributed by atoms with Crippen LogP contribution in [0, 0.1) is 19.7 Å². The van der Waals surface area contributed by atoms with Crippen molar-refractivity contribution in [2.24, 2.45) is 7.05 Å². The minimum Gasteiger partial charge on any atom is -0.350 e. The predicted octanol–water partition coefficient (Wildman–Crippen LogP) is 3.86. The third kappa shape index (κ3) is 3.75. The second-order valence-electron chi connectivity index (χ2n) is 7.02. The Morgan fingerprint density at radius 1 is 1.14 bits per heavy atom. The van der Waals surface area contributed by atoms with Crippen molar-refractivity contribution in [1.29, 1.82) is 0 Å². The van der Waals surface area contributed by atoms with E-state index in [0.717, 1.165) is 25.3 Å². The number of amides is 1. The highest BCUT2D eigenvalue weighted by molar-refractivity contribution is 7.92. The molecule has 6 nitrogen and oxygen atoms in total. The van der Waals surface area contributed by atoms with Gasteiger partial charge in [-0.2, -0.15) is 0 Å². The Balaban J connectivity index is 2.05. The van der Waals surface area contributed by atoms with Gasteiger partial charge in [-0.3, -0.25) is 9.52 Å². The summed E-state index contributed by atoms with van der Waals surface area (Å²) in [5.74, 6) is -0.921. The maximum absolute atomic E-state index is 13.4. The molecule has 2 heterocycles. The highest BCUT2D eigenvalue weighted by Crippen LogP contribution is 2.30. The van der Waals surface area contributed by atoms with Crippen molar-refractivity contribution in [3.05, 3.63) is 46.0 Å². The molecule has 1 saturated heterocycles. The number of sulfonamides is 1. The number of hydrogen-bond acceptors (Lipinski definition) is 3. The molecule has 9 heteroatoms. The van der Waals surface area contributed by atoms with Crippen LogP contribution in [0.15, 0.2) is 23.1 Å². The second kappa shape index (κ2) is 7.75. The number of likely N-dealkylation sites (tertiary alicyclic amines) is 1. The van der Waals surface area contributed by atoms with Crippen LogP contribution in [0.4, 0.5) is 10.1 Å². The van der Waals surface area contributed by atoms with Gasteiger partial charge >= 0.3 is 0 Å². The monoisotopic (exact) mass is 427 g/mol. The minimum atomic E-state index is -4.09. The third-order valence-electron chi connectivity index (χ3n) is 5.22. The van der Waals surface area contributed by atoms with Crippen LogP contribution >= 0.6 is 11.6 Å². The molecule has 0 spiro atoms. The van der Waals surface area contributed by atoms with E-state index in [4.69, 9.17) is 11.6 Å².